The Morgan fingerprint density at radius 3 is 2.62 bits per heavy atom. The second kappa shape index (κ2) is 7.39. The van der Waals surface area contributed by atoms with Crippen molar-refractivity contribution in [3.63, 3.8) is 0 Å². The molecule has 1 saturated heterocycles. The predicted octanol–water partition coefficient (Wildman–Crippen LogP) is 1.87. The van der Waals surface area contributed by atoms with E-state index >= 15 is 0 Å². The lowest BCUT2D eigenvalue weighted by Crippen LogP contribution is -2.30. The van der Waals surface area contributed by atoms with Crippen molar-refractivity contribution in [2.45, 2.75) is 46.6 Å². The molecule has 1 aromatic heterocycles. The molecule has 0 unspecified atom stereocenters. The number of piperidine rings is 1. The molecule has 0 aromatic carbocycles. The highest BCUT2D eigenvalue weighted by atomic mass is 15.4. The van der Waals surface area contributed by atoms with Crippen LogP contribution in [0.2, 0.25) is 0 Å². The van der Waals surface area contributed by atoms with E-state index in [9.17, 15) is 0 Å². The Labute approximate surface area is 98.4 Å². The van der Waals surface area contributed by atoms with Crippen molar-refractivity contribution in [3.05, 3.63) is 11.9 Å². The molecule has 1 aromatic rings. The molecule has 1 aliphatic rings. The molecule has 0 spiro atoms. The van der Waals surface area contributed by atoms with Gasteiger partial charge < -0.3 is 5.32 Å². The van der Waals surface area contributed by atoms with Crippen LogP contribution in [0.5, 0.6) is 0 Å². The van der Waals surface area contributed by atoms with Crippen molar-refractivity contribution in [1.82, 2.24) is 20.3 Å². The highest BCUT2D eigenvalue weighted by molar-refractivity contribution is 4.91. The van der Waals surface area contributed by atoms with Crippen LogP contribution in [-0.4, -0.2) is 28.1 Å². The zero-order valence-corrected chi connectivity index (χ0v) is 10.7. The maximum Gasteiger partial charge on any atom is 0.0824 e. The quantitative estimate of drug-likeness (QED) is 0.852. The average Bonchev–Trinajstić information content (AvgIpc) is 2.81. The summed E-state index contributed by atoms with van der Waals surface area (Å²) in [7, 11) is 0. The van der Waals surface area contributed by atoms with Crippen LogP contribution in [-0.2, 0) is 13.0 Å². The molecule has 0 bridgehead atoms. The zero-order valence-electron chi connectivity index (χ0n) is 10.7. The number of hydrogen-bond donors (Lipinski definition) is 1. The van der Waals surface area contributed by atoms with E-state index in [1.54, 1.807) is 0 Å². The third-order valence-corrected chi connectivity index (χ3v) is 2.85. The van der Waals surface area contributed by atoms with Crippen LogP contribution in [0, 0.1) is 5.92 Å². The van der Waals surface area contributed by atoms with Crippen molar-refractivity contribution in [2.24, 2.45) is 5.92 Å². The number of nitrogens with one attached hydrogen (secondary N) is 1. The fourth-order valence-corrected chi connectivity index (χ4v) is 1.92. The Balaban J connectivity index is 0.000000606. The van der Waals surface area contributed by atoms with Crippen LogP contribution in [0.3, 0.4) is 0 Å². The van der Waals surface area contributed by atoms with Crippen LogP contribution in [0.4, 0.5) is 0 Å². The van der Waals surface area contributed by atoms with E-state index in [4.69, 9.17) is 0 Å². The molecular formula is C12H24N4. The summed E-state index contributed by atoms with van der Waals surface area (Å²) >= 11 is 0. The molecule has 0 saturated carbocycles. The Morgan fingerprint density at radius 2 is 2.06 bits per heavy atom. The summed E-state index contributed by atoms with van der Waals surface area (Å²) in [4.78, 5) is 0. The lowest BCUT2D eigenvalue weighted by molar-refractivity contribution is 0.318. The van der Waals surface area contributed by atoms with E-state index in [1.165, 1.54) is 12.8 Å². The molecule has 1 N–H and O–H groups in total. The highest BCUT2D eigenvalue weighted by Crippen LogP contribution is 2.13. The number of aromatic nitrogens is 3. The number of nitrogens with zero attached hydrogens (tertiary/aromatic N) is 3. The van der Waals surface area contributed by atoms with Gasteiger partial charge in [0.2, 0.25) is 0 Å². The molecule has 2 rings (SSSR count). The zero-order chi connectivity index (χ0) is 11.8. The molecule has 16 heavy (non-hydrogen) atoms. The first-order valence-electron chi connectivity index (χ1n) is 6.48. The van der Waals surface area contributed by atoms with Crippen molar-refractivity contribution in [1.29, 1.82) is 0 Å². The van der Waals surface area contributed by atoms with Crippen LogP contribution < -0.4 is 5.32 Å². The van der Waals surface area contributed by atoms with Gasteiger partial charge in [-0.2, -0.15) is 0 Å². The molecule has 1 aliphatic heterocycles. The minimum Gasteiger partial charge on any atom is -0.317 e. The predicted molar refractivity (Wildman–Crippen MR) is 66.3 cm³/mol. The van der Waals surface area contributed by atoms with Crippen LogP contribution in [0.25, 0.3) is 0 Å². The maximum atomic E-state index is 4.13. The van der Waals surface area contributed by atoms with Gasteiger partial charge in [-0.05, 0) is 38.3 Å². The summed E-state index contributed by atoms with van der Waals surface area (Å²) in [5.74, 6) is 0.780. The maximum absolute atomic E-state index is 4.13. The summed E-state index contributed by atoms with van der Waals surface area (Å²) in [6, 6.07) is 0. The second-order valence-electron chi connectivity index (χ2n) is 3.98. The Kier molecular flexibility index (Phi) is 6.08. The van der Waals surface area contributed by atoms with Gasteiger partial charge >= 0.3 is 0 Å². The van der Waals surface area contributed by atoms with Crippen LogP contribution >= 0.6 is 0 Å². The van der Waals surface area contributed by atoms with Crippen molar-refractivity contribution in [3.8, 4) is 0 Å². The number of hydrogen-bond acceptors (Lipinski definition) is 3. The van der Waals surface area contributed by atoms with E-state index in [0.717, 1.165) is 37.7 Å². The van der Waals surface area contributed by atoms with Gasteiger partial charge in [0.25, 0.3) is 0 Å². The molecule has 1 fully saturated rings. The minimum atomic E-state index is 0.780. The van der Waals surface area contributed by atoms with Gasteiger partial charge in [-0.3, -0.25) is 4.68 Å². The topological polar surface area (TPSA) is 42.7 Å². The normalized spacial score (nSPS) is 16.7. The van der Waals surface area contributed by atoms with Gasteiger partial charge in [-0.25, -0.2) is 0 Å². The molecule has 4 nitrogen and oxygen atoms in total. The molecule has 0 amide bonds. The van der Waals surface area contributed by atoms with Crippen LogP contribution in [0.1, 0.15) is 39.3 Å². The van der Waals surface area contributed by atoms with Gasteiger partial charge in [0, 0.05) is 12.7 Å². The Hall–Kier alpha value is -0.900. The monoisotopic (exact) mass is 224 g/mol. The number of aryl methyl sites for hydroxylation is 1. The third kappa shape index (κ3) is 3.93. The highest BCUT2D eigenvalue weighted by Gasteiger charge is 2.13. The van der Waals surface area contributed by atoms with E-state index < -0.39 is 0 Å². The van der Waals surface area contributed by atoms with Crippen molar-refractivity contribution < 1.29 is 0 Å². The standard InChI is InChI=1S/C10H18N4.C2H6/c1-2-10-8-14(13-12-10)7-9-3-5-11-6-4-9;1-2/h8-9,11H,2-7H2,1H3;1-2H3. The van der Waals surface area contributed by atoms with Gasteiger partial charge in [0.1, 0.15) is 0 Å². The molecule has 2 heterocycles. The smallest absolute Gasteiger partial charge is 0.0824 e. The van der Waals surface area contributed by atoms with Gasteiger partial charge in [0.05, 0.1) is 5.69 Å². The number of rotatable bonds is 3. The first-order chi connectivity index (χ1) is 7.88. The molecule has 0 aliphatic carbocycles. The fourth-order valence-electron chi connectivity index (χ4n) is 1.92. The van der Waals surface area contributed by atoms with Gasteiger partial charge in [-0.15, -0.1) is 5.10 Å². The van der Waals surface area contributed by atoms with Gasteiger partial charge in [-0.1, -0.05) is 26.0 Å². The first-order valence-corrected chi connectivity index (χ1v) is 6.48. The Bertz CT molecular complexity index is 276. The van der Waals surface area contributed by atoms with E-state index in [1.807, 2.05) is 18.5 Å². The van der Waals surface area contributed by atoms with Crippen molar-refractivity contribution in [2.75, 3.05) is 13.1 Å². The first kappa shape index (κ1) is 13.2. The summed E-state index contributed by atoms with van der Waals surface area (Å²) in [6.45, 7) is 9.45. The molecule has 0 radical (unpaired) electrons. The van der Waals surface area contributed by atoms with Crippen LogP contribution in [0.15, 0.2) is 6.20 Å². The molecule has 0 atom stereocenters. The van der Waals surface area contributed by atoms with E-state index in [0.29, 0.717) is 0 Å². The second-order valence-corrected chi connectivity index (χ2v) is 3.98. The summed E-state index contributed by atoms with van der Waals surface area (Å²) in [5.41, 5.74) is 1.10. The lowest BCUT2D eigenvalue weighted by Gasteiger charge is -2.21. The van der Waals surface area contributed by atoms with Gasteiger partial charge in [0.15, 0.2) is 0 Å². The summed E-state index contributed by atoms with van der Waals surface area (Å²) in [6.07, 6.45) is 5.58. The lowest BCUT2D eigenvalue weighted by atomic mass is 9.98. The molecule has 92 valence electrons. The SMILES string of the molecule is CC.CCc1cn(CC2CCNCC2)nn1. The third-order valence-electron chi connectivity index (χ3n) is 2.85. The molecule has 4 heteroatoms. The largest absolute Gasteiger partial charge is 0.317 e. The van der Waals surface area contributed by atoms with Crippen molar-refractivity contribution >= 4 is 0 Å². The molecular weight excluding hydrogens is 200 g/mol. The van der Waals surface area contributed by atoms with E-state index in [-0.39, 0.29) is 0 Å². The average molecular weight is 224 g/mol. The summed E-state index contributed by atoms with van der Waals surface area (Å²) < 4.78 is 1.99. The van der Waals surface area contributed by atoms with E-state index in [2.05, 4.69) is 28.7 Å². The Morgan fingerprint density at radius 1 is 1.38 bits per heavy atom. The summed E-state index contributed by atoms with van der Waals surface area (Å²) in [5, 5.41) is 11.6. The fraction of sp³-hybridized carbons (Fsp3) is 0.833. The minimum absolute atomic E-state index is 0.780.